The Hall–Kier alpha value is -1.48. The fraction of sp³-hybridized carbons (Fsp3) is 0.786. The summed E-state index contributed by atoms with van der Waals surface area (Å²) in [4.78, 5) is 42.2. The molecular formula is C14H29N4O6P. The predicted molar refractivity (Wildman–Crippen MR) is 92.1 cm³/mol. The second-order valence-corrected chi connectivity index (χ2v) is 8.13. The summed E-state index contributed by atoms with van der Waals surface area (Å²) >= 11 is 0. The van der Waals surface area contributed by atoms with Crippen LogP contribution >= 0.6 is 7.60 Å². The molecule has 0 rings (SSSR count). The van der Waals surface area contributed by atoms with Crippen molar-refractivity contribution in [3.8, 4) is 0 Å². The molecule has 1 unspecified atom stereocenters. The van der Waals surface area contributed by atoms with Gasteiger partial charge in [0.1, 0.15) is 0 Å². The van der Waals surface area contributed by atoms with E-state index in [1.54, 1.807) is 6.92 Å². The lowest BCUT2D eigenvalue weighted by molar-refractivity contribution is -0.130. The van der Waals surface area contributed by atoms with Crippen LogP contribution in [0.15, 0.2) is 0 Å². The molecule has 0 aromatic rings. The number of ketones is 1. The van der Waals surface area contributed by atoms with Crippen LogP contribution in [-0.2, 0) is 14.2 Å². The van der Waals surface area contributed by atoms with E-state index >= 15 is 0 Å². The Kier molecular flexibility index (Phi) is 9.88. The van der Waals surface area contributed by atoms with Crippen LogP contribution in [0.3, 0.4) is 0 Å². The first-order chi connectivity index (χ1) is 11.3. The van der Waals surface area contributed by atoms with Gasteiger partial charge in [-0.2, -0.15) is 0 Å². The molecule has 0 aromatic heterocycles. The van der Waals surface area contributed by atoms with Gasteiger partial charge in [-0.15, -0.1) is 0 Å². The minimum atomic E-state index is -4.31. The van der Waals surface area contributed by atoms with Crippen molar-refractivity contribution in [2.75, 3.05) is 12.7 Å². The van der Waals surface area contributed by atoms with E-state index in [1.165, 1.54) is 0 Å². The molecule has 0 aliphatic rings. The Labute approximate surface area is 147 Å². The first kappa shape index (κ1) is 23.5. The lowest BCUT2D eigenvalue weighted by Crippen LogP contribution is -2.45. The number of hydrogen-bond acceptors (Lipinski definition) is 5. The Morgan fingerprint density at radius 1 is 1.28 bits per heavy atom. The van der Waals surface area contributed by atoms with E-state index in [0.717, 1.165) is 0 Å². The monoisotopic (exact) mass is 380 g/mol. The number of hydroxylamine groups is 2. The largest absolute Gasteiger partial charge is 0.368 e. The maximum absolute atomic E-state index is 12.2. The van der Waals surface area contributed by atoms with Crippen molar-refractivity contribution in [1.82, 2.24) is 10.4 Å². The number of carbonyl (C=O) groups excluding carboxylic acids is 2. The highest BCUT2D eigenvalue weighted by molar-refractivity contribution is 7.51. The third-order valence-corrected chi connectivity index (χ3v) is 4.72. The molecule has 0 bridgehead atoms. The zero-order chi connectivity index (χ0) is 19.8. The molecule has 0 radical (unpaired) electrons. The van der Waals surface area contributed by atoms with E-state index in [-0.39, 0.29) is 43.6 Å². The number of rotatable bonds is 11. The Morgan fingerprint density at radius 3 is 2.28 bits per heavy atom. The van der Waals surface area contributed by atoms with Gasteiger partial charge in [0, 0.05) is 18.9 Å². The minimum absolute atomic E-state index is 0.00674. The van der Waals surface area contributed by atoms with Crippen LogP contribution in [0.4, 0.5) is 0 Å². The van der Waals surface area contributed by atoms with Crippen LogP contribution in [0.1, 0.15) is 40.0 Å². The maximum Gasteiger partial charge on any atom is 0.326 e. The third-order valence-electron chi connectivity index (χ3n) is 3.91. The molecule has 146 valence electrons. The fourth-order valence-corrected chi connectivity index (χ4v) is 2.43. The lowest BCUT2D eigenvalue weighted by atomic mass is 9.96. The molecule has 10 nitrogen and oxygen atoms in total. The smallest absolute Gasteiger partial charge is 0.326 e. The highest BCUT2D eigenvalue weighted by Crippen LogP contribution is 2.35. The standard InChI is InChI=1S/C14H29N4O6P/c1-9(2)10(3)13(20)17-11(5-4-7-18(21)14(15)16)12(19)6-8-25(22,23)24/h9-11,21H,4-8H2,1-3H3,(H3,15,16)(H,17,20)(H2,22,23,24)/t10-,11?/m0/s1. The van der Waals surface area contributed by atoms with E-state index in [0.29, 0.717) is 5.06 Å². The van der Waals surface area contributed by atoms with Crippen molar-refractivity contribution in [3.05, 3.63) is 0 Å². The van der Waals surface area contributed by atoms with E-state index in [4.69, 9.17) is 20.9 Å². The van der Waals surface area contributed by atoms with E-state index in [1.807, 2.05) is 13.8 Å². The van der Waals surface area contributed by atoms with Crippen molar-refractivity contribution in [3.63, 3.8) is 0 Å². The first-order valence-corrected chi connectivity index (χ1v) is 9.83. The second-order valence-electron chi connectivity index (χ2n) is 6.35. The molecule has 0 aliphatic heterocycles. The van der Waals surface area contributed by atoms with Gasteiger partial charge >= 0.3 is 7.60 Å². The number of guanidine groups is 1. The number of Topliss-reactive ketones (excluding diaryl/α,β-unsaturated/α-hetero) is 1. The quantitative estimate of drug-likeness (QED) is 0.128. The number of nitrogens with two attached hydrogens (primary N) is 1. The van der Waals surface area contributed by atoms with Crippen molar-refractivity contribution in [1.29, 1.82) is 5.41 Å². The van der Waals surface area contributed by atoms with Crippen molar-refractivity contribution < 1.29 is 29.1 Å². The molecule has 0 aromatic carbocycles. The lowest BCUT2D eigenvalue weighted by Gasteiger charge is -2.23. The van der Waals surface area contributed by atoms with E-state index in [2.05, 4.69) is 5.32 Å². The van der Waals surface area contributed by atoms with Gasteiger partial charge in [-0.3, -0.25) is 24.8 Å². The molecule has 0 aliphatic carbocycles. The van der Waals surface area contributed by atoms with Gasteiger partial charge in [-0.25, -0.2) is 5.06 Å². The van der Waals surface area contributed by atoms with Crippen molar-refractivity contribution in [2.24, 2.45) is 17.6 Å². The SMILES string of the molecule is CC(C)[C@H](C)C(=O)NC(CCCN(O)C(=N)N)C(=O)CCP(=O)(O)O. The van der Waals surface area contributed by atoms with Crippen LogP contribution in [0, 0.1) is 17.2 Å². The van der Waals surface area contributed by atoms with Gasteiger partial charge in [0.2, 0.25) is 11.9 Å². The third kappa shape index (κ3) is 10.2. The molecule has 25 heavy (non-hydrogen) atoms. The Balaban J connectivity index is 4.85. The summed E-state index contributed by atoms with van der Waals surface area (Å²) in [6.45, 7) is 5.45. The van der Waals surface area contributed by atoms with Gasteiger partial charge in [-0.1, -0.05) is 20.8 Å². The van der Waals surface area contributed by atoms with Gasteiger partial charge in [0.05, 0.1) is 12.2 Å². The zero-order valence-corrected chi connectivity index (χ0v) is 15.7. The average Bonchev–Trinajstić information content (AvgIpc) is 2.49. The molecule has 0 fully saturated rings. The number of hydrogen-bond donors (Lipinski definition) is 6. The summed E-state index contributed by atoms with van der Waals surface area (Å²) < 4.78 is 10.9. The summed E-state index contributed by atoms with van der Waals surface area (Å²) in [6, 6.07) is -0.916. The Morgan fingerprint density at radius 2 is 1.84 bits per heavy atom. The van der Waals surface area contributed by atoms with Gasteiger partial charge in [-0.05, 0) is 18.8 Å². The van der Waals surface area contributed by atoms with Crippen molar-refractivity contribution in [2.45, 2.75) is 46.1 Å². The summed E-state index contributed by atoms with van der Waals surface area (Å²) in [5.41, 5.74) is 5.10. The minimum Gasteiger partial charge on any atom is -0.368 e. The molecule has 0 spiro atoms. The molecule has 11 heteroatoms. The fourth-order valence-electron chi connectivity index (χ4n) is 1.92. The number of nitrogens with one attached hydrogen (secondary N) is 2. The predicted octanol–water partition coefficient (Wildman–Crippen LogP) is 0.265. The number of carbonyl (C=O) groups is 2. The molecule has 2 atom stereocenters. The molecule has 0 saturated heterocycles. The van der Waals surface area contributed by atoms with Crippen molar-refractivity contribution >= 4 is 25.2 Å². The number of amides is 1. The maximum atomic E-state index is 12.2. The highest BCUT2D eigenvalue weighted by Gasteiger charge is 2.26. The summed E-state index contributed by atoms with van der Waals surface area (Å²) in [5.74, 6) is -1.61. The van der Waals surface area contributed by atoms with Gasteiger partial charge in [0.15, 0.2) is 5.78 Å². The van der Waals surface area contributed by atoms with E-state index < -0.39 is 31.5 Å². The molecule has 0 saturated carbocycles. The topological polar surface area (TPSA) is 177 Å². The van der Waals surface area contributed by atoms with E-state index in [9.17, 15) is 19.4 Å². The van der Waals surface area contributed by atoms with Crippen LogP contribution in [0.5, 0.6) is 0 Å². The summed E-state index contributed by atoms with van der Waals surface area (Å²) in [6.07, 6.45) is -0.544. The summed E-state index contributed by atoms with van der Waals surface area (Å²) in [7, 11) is -4.31. The Bertz CT molecular complexity index is 521. The molecule has 1 amide bonds. The second kappa shape index (κ2) is 10.5. The van der Waals surface area contributed by atoms with Crippen LogP contribution in [0.25, 0.3) is 0 Å². The normalized spacial score (nSPS) is 14.0. The van der Waals surface area contributed by atoms with Crippen LogP contribution in [-0.4, -0.2) is 56.5 Å². The van der Waals surface area contributed by atoms with Crippen LogP contribution in [0.2, 0.25) is 0 Å². The number of nitrogens with zero attached hydrogens (tertiary/aromatic N) is 1. The average molecular weight is 380 g/mol. The molecule has 7 N–H and O–H groups in total. The molecule has 0 heterocycles. The first-order valence-electron chi connectivity index (χ1n) is 8.03. The molecular weight excluding hydrogens is 351 g/mol. The van der Waals surface area contributed by atoms with Gasteiger partial charge < -0.3 is 20.8 Å². The highest BCUT2D eigenvalue weighted by atomic mass is 31.2. The van der Waals surface area contributed by atoms with Crippen LogP contribution < -0.4 is 11.1 Å². The summed E-state index contributed by atoms with van der Waals surface area (Å²) in [5, 5.41) is 19.5. The zero-order valence-electron chi connectivity index (χ0n) is 14.8. The van der Waals surface area contributed by atoms with Gasteiger partial charge in [0.25, 0.3) is 0 Å².